The Hall–Kier alpha value is -2.54. The van der Waals surface area contributed by atoms with Gasteiger partial charge in [-0.05, 0) is 43.0 Å². The minimum atomic E-state index is -1.20. The predicted octanol–water partition coefficient (Wildman–Crippen LogP) is 3.67. The van der Waals surface area contributed by atoms with Gasteiger partial charge in [0.2, 0.25) is 0 Å². The molecule has 1 fully saturated rings. The van der Waals surface area contributed by atoms with Crippen molar-refractivity contribution in [1.29, 1.82) is 0 Å². The highest BCUT2D eigenvalue weighted by Gasteiger charge is 2.53. The summed E-state index contributed by atoms with van der Waals surface area (Å²) in [5, 5.41) is 33.1. The van der Waals surface area contributed by atoms with E-state index in [1.807, 2.05) is 24.3 Å². The lowest BCUT2D eigenvalue weighted by Gasteiger charge is -2.52. The van der Waals surface area contributed by atoms with Gasteiger partial charge in [0.05, 0.1) is 11.4 Å². The van der Waals surface area contributed by atoms with Crippen LogP contribution in [0.15, 0.2) is 48.8 Å². The molecule has 164 valence electrons. The van der Waals surface area contributed by atoms with Crippen LogP contribution in [0.1, 0.15) is 62.9 Å². The van der Waals surface area contributed by atoms with Crippen molar-refractivity contribution in [3.63, 3.8) is 0 Å². The van der Waals surface area contributed by atoms with Crippen LogP contribution in [0.4, 0.5) is 0 Å². The largest absolute Gasteiger partial charge is 0.384 e. The van der Waals surface area contributed by atoms with Crippen molar-refractivity contribution in [3.05, 3.63) is 71.2 Å². The number of aromatic nitrogens is 3. The predicted molar refractivity (Wildman–Crippen MR) is 122 cm³/mol. The molecule has 0 bridgehead atoms. The number of nitrogens with zero attached hydrogens (tertiary/aromatic N) is 2. The summed E-state index contributed by atoms with van der Waals surface area (Å²) in [6, 6.07) is 12.0. The highest BCUT2D eigenvalue weighted by Crippen LogP contribution is 2.48. The molecular formula is C25H32N4O2. The molecule has 3 heterocycles. The Bertz CT molecular complexity index is 1060. The molecule has 1 atom stereocenters. The number of hydrogen-bond donors (Lipinski definition) is 4. The van der Waals surface area contributed by atoms with Gasteiger partial charge < -0.3 is 15.5 Å². The third kappa shape index (κ3) is 3.69. The number of rotatable bonds is 6. The molecule has 0 spiro atoms. The first-order valence-electron chi connectivity index (χ1n) is 10.8. The number of H-pyrrole nitrogens is 1. The first-order valence-corrected chi connectivity index (χ1v) is 10.8. The molecular weight excluding hydrogens is 388 g/mol. The zero-order chi connectivity index (χ0) is 22.4. The Morgan fingerprint density at radius 1 is 1.00 bits per heavy atom. The van der Waals surface area contributed by atoms with Gasteiger partial charge in [-0.1, -0.05) is 45.0 Å². The summed E-state index contributed by atoms with van der Waals surface area (Å²) in [7, 11) is 0. The summed E-state index contributed by atoms with van der Waals surface area (Å²) < 4.78 is 0. The fraction of sp³-hybridized carbons (Fsp3) is 0.440. The van der Waals surface area contributed by atoms with E-state index in [0.717, 1.165) is 16.7 Å². The van der Waals surface area contributed by atoms with Crippen LogP contribution in [0.25, 0.3) is 11.3 Å². The monoisotopic (exact) mass is 420 g/mol. The van der Waals surface area contributed by atoms with Crippen molar-refractivity contribution in [3.8, 4) is 11.3 Å². The van der Waals surface area contributed by atoms with Crippen LogP contribution >= 0.6 is 0 Å². The summed E-state index contributed by atoms with van der Waals surface area (Å²) in [6.45, 7) is 11.3. The number of hydrogen-bond acceptors (Lipinski definition) is 5. The van der Waals surface area contributed by atoms with E-state index in [1.54, 1.807) is 26.2 Å². The average Bonchev–Trinajstić information content (AvgIpc) is 3.22. The van der Waals surface area contributed by atoms with Gasteiger partial charge in [0.1, 0.15) is 11.2 Å². The van der Waals surface area contributed by atoms with E-state index >= 15 is 0 Å². The van der Waals surface area contributed by atoms with Crippen LogP contribution in [0.5, 0.6) is 0 Å². The Morgan fingerprint density at radius 3 is 2.19 bits per heavy atom. The van der Waals surface area contributed by atoms with Gasteiger partial charge in [0, 0.05) is 42.0 Å². The summed E-state index contributed by atoms with van der Waals surface area (Å²) in [4.78, 5) is 4.44. The molecule has 1 saturated heterocycles. The molecule has 0 radical (unpaired) electrons. The van der Waals surface area contributed by atoms with Crippen LogP contribution in [-0.2, 0) is 11.2 Å². The Balaban J connectivity index is 1.80. The zero-order valence-electron chi connectivity index (χ0n) is 18.9. The zero-order valence-corrected chi connectivity index (χ0v) is 18.9. The molecule has 1 aliphatic heterocycles. The maximum absolute atomic E-state index is 12.2. The second-order valence-electron chi connectivity index (χ2n) is 9.84. The summed E-state index contributed by atoms with van der Waals surface area (Å²) in [5.74, 6) is 0.428. The minimum absolute atomic E-state index is 0.365. The van der Waals surface area contributed by atoms with Crippen molar-refractivity contribution in [2.75, 3.05) is 13.1 Å². The van der Waals surface area contributed by atoms with Gasteiger partial charge >= 0.3 is 0 Å². The van der Waals surface area contributed by atoms with Crippen molar-refractivity contribution in [2.45, 2.75) is 51.7 Å². The van der Waals surface area contributed by atoms with Crippen LogP contribution in [-0.4, -0.2) is 38.5 Å². The lowest BCUT2D eigenvalue weighted by Crippen LogP contribution is -2.63. The first kappa shape index (κ1) is 21.7. The van der Waals surface area contributed by atoms with E-state index in [2.05, 4.69) is 53.4 Å². The Morgan fingerprint density at radius 2 is 1.68 bits per heavy atom. The third-order valence-electron chi connectivity index (χ3n) is 6.59. The molecule has 2 aromatic heterocycles. The van der Waals surface area contributed by atoms with Gasteiger partial charge in [-0.2, -0.15) is 5.10 Å². The molecule has 0 unspecified atom stereocenters. The quantitative estimate of drug-likeness (QED) is 0.488. The molecule has 3 aromatic rings. The Labute approximate surface area is 183 Å². The molecule has 1 aromatic carbocycles. The second kappa shape index (κ2) is 7.55. The van der Waals surface area contributed by atoms with E-state index < -0.39 is 11.2 Å². The van der Waals surface area contributed by atoms with Gasteiger partial charge in [-0.3, -0.25) is 10.1 Å². The molecule has 0 aliphatic carbocycles. The van der Waals surface area contributed by atoms with E-state index in [0.29, 0.717) is 30.4 Å². The molecule has 4 N–H and O–H groups in total. The van der Waals surface area contributed by atoms with Crippen molar-refractivity contribution in [2.24, 2.45) is 5.41 Å². The standard InChI is InChI=1S/C25H32N4O2/c1-16(2)17-6-8-19(9-7-17)25(31,24(5)14-27-15-24)20-10-18(12-26-13-20)21-11-22(29-28-21)23(3,4)30/h6-13,16,27,30-31H,14-15H2,1-5H3,(H,28,29)/t25-/m0/s1. The third-order valence-corrected chi connectivity index (χ3v) is 6.59. The van der Waals surface area contributed by atoms with Crippen molar-refractivity contribution in [1.82, 2.24) is 20.5 Å². The maximum atomic E-state index is 12.2. The number of nitrogens with one attached hydrogen (secondary N) is 2. The topological polar surface area (TPSA) is 94.1 Å². The Kier molecular flexibility index (Phi) is 5.28. The van der Waals surface area contributed by atoms with E-state index in [-0.39, 0.29) is 5.41 Å². The van der Waals surface area contributed by atoms with Gasteiger partial charge in [-0.25, -0.2) is 0 Å². The molecule has 31 heavy (non-hydrogen) atoms. The van der Waals surface area contributed by atoms with Gasteiger partial charge in [0.25, 0.3) is 0 Å². The van der Waals surface area contributed by atoms with Crippen LogP contribution < -0.4 is 5.32 Å². The normalized spacial score (nSPS) is 17.9. The minimum Gasteiger partial charge on any atom is -0.384 e. The van der Waals surface area contributed by atoms with Crippen molar-refractivity contribution >= 4 is 0 Å². The van der Waals surface area contributed by atoms with E-state index in [4.69, 9.17) is 0 Å². The molecule has 4 rings (SSSR count). The molecule has 0 amide bonds. The average molecular weight is 421 g/mol. The van der Waals surface area contributed by atoms with E-state index in [9.17, 15) is 10.2 Å². The molecule has 6 heteroatoms. The van der Waals surface area contributed by atoms with Gasteiger partial charge in [-0.15, -0.1) is 0 Å². The highest BCUT2D eigenvalue weighted by molar-refractivity contribution is 5.60. The molecule has 1 aliphatic rings. The second-order valence-corrected chi connectivity index (χ2v) is 9.84. The summed E-state index contributed by atoms with van der Waals surface area (Å²) in [6.07, 6.45) is 3.48. The fourth-order valence-electron chi connectivity index (χ4n) is 4.29. The van der Waals surface area contributed by atoms with Crippen LogP contribution in [0.2, 0.25) is 0 Å². The van der Waals surface area contributed by atoms with Crippen LogP contribution in [0.3, 0.4) is 0 Å². The number of benzene rings is 1. The SMILES string of the molecule is CC(C)c1ccc([C@](O)(c2cncc(-c3cc(C(C)(C)O)[nH]n3)c2)C2(C)CNC2)cc1. The first-order chi connectivity index (χ1) is 14.5. The maximum Gasteiger partial charge on any atom is 0.124 e. The highest BCUT2D eigenvalue weighted by atomic mass is 16.3. The summed E-state index contributed by atoms with van der Waals surface area (Å²) in [5.41, 5.74) is 2.35. The number of aromatic amines is 1. The van der Waals surface area contributed by atoms with Crippen molar-refractivity contribution < 1.29 is 10.2 Å². The van der Waals surface area contributed by atoms with Gasteiger partial charge in [0.15, 0.2) is 0 Å². The lowest BCUT2D eigenvalue weighted by molar-refractivity contribution is -0.0769. The smallest absolute Gasteiger partial charge is 0.124 e. The number of pyridine rings is 1. The lowest BCUT2D eigenvalue weighted by atomic mass is 9.63. The van der Waals surface area contributed by atoms with E-state index in [1.165, 1.54) is 5.56 Å². The molecule has 0 saturated carbocycles. The fourth-order valence-corrected chi connectivity index (χ4v) is 4.29. The summed E-state index contributed by atoms with van der Waals surface area (Å²) >= 11 is 0. The number of aliphatic hydroxyl groups is 2. The van der Waals surface area contributed by atoms with Crippen LogP contribution in [0, 0.1) is 5.41 Å². The molecule has 6 nitrogen and oxygen atoms in total.